The van der Waals surface area contributed by atoms with Crippen LogP contribution in [0.4, 0.5) is 0 Å². The average molecular weight is 442 g/mol. The van der Waals surface area contributed by atoms with Gasteiger partial charge in [-0.15, -0.1) is 2.78 Å². The molecule has 0 atom stereocenters. The fourth-order valence-electron chi connectivity index (χ4n) is 3.29. The van der Waals surface area contributed by atoms with Crippen molar-refractivity contribution in [1.82, 2.24) is 0 Å². The van der Waals surface area contributed by atoms with E-state index in [1.165, 1.54) is 33.2 Å². The highest BCUT2D eigenvalue weighted by Gasteiger charge is 2.22. The maximum atomic E-state index is 6.02. The van der Waals surface area contributed by atoms with E-state index < -0.39 is 0 Å². The monoisotopic (exact) mass is 442 g/mol. The van der Waals surface area contributed by atoms with Gasteiger partial charge in [-0.3, -0.25) is 0 Å². The second kappa shape index (κ2) is 5.84. The van der Waals surface area contributed by atoms with Gasteiger partial charge in [0.2, 0.25) is 5.69 Å². The Morgan fingerprint density at radius 1 is 0.920 bits per heavy atom. The summed E-state index contributed by atoms with van der Waals surface area (Å²) in [6.07, 6.45) is 2.15. The van der Waals surface area contributed by atoms with Crippen LogP contribution >= 0.6 is 22.9 Å². The molecular weight excluding hydrogens is 421 g/mol. The number of aryl methyl sites for hydroxylation is 1. The van der Waals surface area contributed by atoms with Gasteiger partial charge in [0.05, 0.1) is 5.56 Å². The summed E-state index contributed by atoms with van der Waals surface area (Å²) >= 11 is 2.36. The number of furan rings is 1. The Hall–Kier alpha value is -1.88. The zero-order valence-electron chi connectivity index (χ0n) is 14.9. The summed E-state index contributed by atoms with van der Waals surface area (Å²) in [6, 6.07) is 17.2. The van der Waals surface area contributed by atoms with Crippen molar-refractivity contribution >= 4 is 44.8 Å². The molecule has 0 fully saturated rings. The van der Waals surface area contributed by atoms with Crippen LogP contribution in [0.2, 0.25) is 0 Å². The van der Waals surface area contributed by atoms with Gasteiger partial charge in [0.25, 0.3) is 0 Å². The number of halogens is 1. The van der Waals surface area contributed by atoms with Crippen LogP contribution in [0.15, 0.2) is 59.1 Å². The van der Waals surface area contributed by atoms with Crippen LogP contribution in [0.1, 0.15) is 31.9 Å². The molecule has 0 bridgehead atoms. The van der Waals surface area contributed by atoms with E-state index in [2.05, 4.69) is 95.9 Å². The summed E-state index contributed by atoms with van der Waals surface area (Å²) < 4.78 is 8.19. The summed E-state index contributed by atoms with van der Waals surface area (Å²) in [5.74, 6) is 0. The standard InChI is InChI=1S/C22H21INO/c1-14-11-21-18(16-7-5-6-8-20(16)25-21)13-17(14)19-12-15(22(2,3)4)9-10-24(19)23/h5-13H,1-4H3/q+1. The molecule has 0 amide bonds. The summed E-state index contributed by atoms with van der Waals surface area (Å²) in [7, 11) is 0. The predicted molar refractivity (Wildman–Crippen MR) is 112 cm³/mol. The average Bonchev–Trinajstić information content (AvgIpc) is 2.91. The van der Waals surface area contributed by atoms with Crippen LogP contribution in [-0.2, 0) is 5.41 Å². The molecule has 25 heavy (non-hydrogen) atoms. The smallest absolute Gasteiger partial charge is 0.354 e. The molecule has 2 heterocycles. The highest BCUT2D eigenvalue weighted by Crippen LogP contribution is 2.35. The number of rotatable bonds is 1. The van der Waals surface area contributed by atoms with E-state index in [1.807, 2.05) is 12.1 Å². The molecule has 0 saturated heterocycles. The number of hydrogen-bond acceptors (Lipinski definition) is 1. The van der Waals surface area contributed by atoms with Crippen molar-refractivity contribution in [3.05, 3.63) is 65.9 Å². The van der Waals surface area contributed by atoms with E-state index in [0.717, 1.165) is 11.2 Å². The molecule has 3 heteroatoms. The van der Waals surface area contributed by atoms with Crippen LogP contribution in [-0.4, -0.2) is 0 Å². The first-order valence-corrected chi connectivity index (χ1v) is 9.46. The van der Waals surface area contributed by atoms with Gasteiger partial charge < -0.3 is 4.42 Å². The molecule has 0 unspecified atom stereocenters. The molecule has 0 aliphatic heterocycles. The number of pyridine rings is 1. The summed E-state index contributed by atoms with van der Waals surface area (Å²) in [6.45, 7) is 8.91. The number of benzene rings is 2. The second-order valence-electron chi connectivity index (χ2n) is 7.62. The van der Waals surface area contributed by atoms with Crippen molar-refractivity contribution in [3.63, 3.8) is 0 Å². The van der Waals surface area contributed by atoms with Crippen molar-refractivity contribution in [3.8, 4) is 11.3 Å². The van der Waals surface area contributed by atoms with E-state index in [0.29, 0.717) is 0 Å². The van der Waals surface area contributed by atoms with Gasteiger partial charge in [-0.05, 0) is 41.7 Å². The van der Waals surface area contributed by atoms with E-state index in [9.17, 15) is 0 Å². The van der Waals surface area contributed by atoms with E-state index in [-0.39, 0.29) is 5.41 Å². The summed E-state index contributed by atoms with van der Waals surface area (Å²) in [5, 5.41) is 2.35. The highest BCUT2D eigenvalue weighted by molar-refractivity contribution is 14.1. The number of hydrogen-bond donors (Lipinski definition) is 0. The van der Waals surface area contributed by atoms with Gasteiger partial charge in [-0.25, -0.2) is 0 Å². The molecule has 4 rings (SSSR count). The van der Waals surface area contributed by atoms with Crippen molar-refractivity contribution < 1.29 is 7.20 Å². The Bertz CT molecular complexity index is 1100. The number of fused-ring (bicyclic) bond motifs is 3. The third kappa shape index (κ3) is 2.84. The van der Waals surface area contributed by atoms with Gasteiger partial charge >= 0.3 is 22.9 Å². The lowest BCUT2D eigenvalue weighted by Crippen LogP contribution is -2.24. The molecular formula is C22H21INO+. The van der Waals surface area contributed by atoms with Gasteiger partial charge in [0.1, 0.15) is 11.2 Å². The number of aromatic nitrogens is 1. The molecule has 4 aromatic rings. The van der Waals surface area contributed by atoms with Crippen molar-refractivity contribution in [1.29, 1.82) is 0 Å². The van der Waals surface area contributed by atoms with Crippen LogP contribution < -0.4 is 2.78 Å². The van der Waals surface area contributed by atoms with Crippen LogP contribution in [0, 0.1) is 6.92 Å². The maximum Gasteiger partial charge on any atom is 0.354 e. The molecule has 2 nitrogen and oxygen atoms in total. The zero-order valence-corrected chi connectivity index (χ0v) is 17.1. The van der Waals surface area contributed by atoms with E-state index in [4.69, 9.17) is 4.42 Å². The molecule has 126 valence electrons. The Kier molecular flexibility index (Phi) is 3.87. The SMILES string of the molecule is Cc1cc2oc3ccccc3c2cc1-c1cc(C(C)(C)C)cc[n+]1I. The molecule has 2 aromatic heterocycles. The first-order chi connectivity index (χ1) is 11.8. The largest absolute Gasteiger partial charge is 0.456 e. The van der Waals surface area contributed by atoms with E-state index in [1.54, 1.807) is 0 Å². The van der Waals surface area contributed by atoms with Crippen molar-refractivity contribution in [2.24, 2.45) is 0 Å². The molecule has 0 radical (unpaired) electrons. The summed E-state index contributed by atoms with van der Waals surface area (Å²) in [5.41, 5.74) is 7.06. The van der Waals surface area contributed by atoms with Crippen LogP contribution in [0.5, 0.6) is 0 Å². The minimum absolute atomic E-state index is 0.125. The normalized spacial score (nSPS) is 12.2. The summed E-state index contributed by atoms with van der Waals surface area (Å²) in [4.78, 5) is 0. The first kappa shape index (κ1) is 16.6. The maximum absolute atomic E-state index is 6.02. The van der Waals surface area contributed by atoms with Gasteiger partial charge in [-0.2, -0.15) is 0 Å². The molecule has 2 aromatic carbocycles. The van der Waals surface area contributed by atoms with Crippen molar-refractivity contribution in [2.45, 2.75) is 33.1 Å². The molecule has 0 saturated carbocycles. The molecule has 0 aliphatic rings. The highest BCUT2D eigenvalue weighted by atomic mass is 127. The molecule has 0 N–H and O–H groups in total. The van der Waals surface area contributed by atoms with Gasteiger partial charge in [-0.1, -0.05) is 39.0 Å². The minimum Gasteiger partial charge on any atom is -0.456 e. The van der Waals surface area contributed by atoms with Crippen LogP contribution in [0.3, 0.4) is 0 Å². The number of nitrogens with zero attached hydrogens (tertiary/aromatic N) is 1. The van der Waals surface area contributed by atoms with Crippen molar-refractivity contribution in [2.75, 3.05) is 0 Å². The lowest BCUT2D eigenvalue weighted by atomic mass is 9.86. The lowest BCUT2D eigenvalue weighted by Gasteiger charge is -2.18. The third-order valence-electron chi connectivity index (χ3n) is 4.77. The fraction of sp³-hybridized carbons (Fsp3) is 0.227. The number of para-hydroxylation sites is 1. The predicted octanol–water partition coefficient (Wildman–Crippen LogP) is 6.34. The van der Waals surface area contributed by atoms with E-state index >= 15 is 0 Å². The minimum atomic E-state index is 0.125. The Morgan fingerprint density at radius 2 is 1.68 bits per heavy atom. The first-order valence-electron chi connectivity index (χ1n) is 8.49. The lowest BCUT2D eigenvalue weighted by molar-refractivity contribution is -0.427. The molecule has 0 spiro atoms. The third-order valence-corrected chi connectivity index (χ3v) is 5.61. The fourth-order valence-corrected chi connectivity index (χ4v) is 3.85. The Labute approximate surface area is 162 Å². The van der Waals surface area contributed by atoms with Gasteiger partial charge in [0.15, 0.2) is 6.20 Å². The second-order valence-corrected chi connectivity index (χ2v) is 8.66. The Morgan fingerprint density at radius 3 is 2.44 bits per heavy atom. The van der Waals surface area contributed by atoms with Crippen LogP contribution in [0.25, 0.3) is 33.2 Å². The molecule has 0 aliphatic carbocycles. The topological polar surface area (TPSA) is 17.0 Å². The zero-order chi connectivity index (χ0) is 17.8. The van der Waals surface area contributed by atoms with Gasteiger partial charge in [0, 0.05) is 22.9 Å². The Balaban J connectivity index is 2.01. The quantitative estimate of drug-likeness (QED) is 0.314.